The monoisotopic (exact) mass is 194 g/mol. The molecule has 0 aliphatic heterocycles. The van der Waals surface area contributed by atoms with E-state index in [0.29, 0.717) is 0 Å². The molecule has 70 valence electrons. The van der Waals surface area contributed by atoms with Gasteiger partial charge in [-0.1, -0.05) is 12.1 Å². The second-order valence-electron chi connectivity index (χ2n) is 3.36. The lowest BCUT2D eigenvalue weighted by atomic mass is 10.2. The summed E-state index contributed by atoms with van der Waals surface area (Å²) in [6.07, 6.45) is 2.80. The van der Waals surface area contributed by atoms with Gasteiger partial charge < -0.3 is 5.43 Å². The van der Waals surface area contributed by atoms with Gasteiger partial charge in [0.2, 0.25) is 0 Å². The molecular weight excluding hydrogens is 180 g/mol. The number of nitrogens with one attached hydrogen (secondary N) is 1. The molecular formula is C10H14N2S. The first-order chi connectivity index (χ1) is 6.38. The zero-order valence-electron chi connectivity index (χ0n) is 7.49. The highest BCUT2D eigenvalue weighted by Crippen LogP contribution is 2.36. The number of nitrogens with two attached hydrogens (primary N) is 1. The van der Waals surface area contributed by atoms with Crippen LogP contribution < -0.4 is 11.3 Å². The molecule has 1 aromatic carbocycles. The maximum Gasteiger partial charge on any atom is 0.0488 e. The van der Waals surface area contributed by atoms with Crippen molar-refractivity contribution in [2.75, 3.05) is 5.43 Å². The van der Waals surface area contributed by atoms with E-state index in [1.54, 1.807) is 0 Å². The number of hydrogen-bond donors (Lipinski definition) is 2. The molecule has 1 aliphatic carbocycles. The first-order valence-corrected chi connectivity index (χ1v) is 5.60. The van der Waals surface area contributed by atoms with Gasteiger partial charge in [0.05, 0.1) is 0 Å². The molecule has 0 amide bonds. The van der Waals surface area contributed by atoms with E-state index in [1.807, 2.05) is 23.9 Å². The van der Waals surface area contributed by atoms with Crippen molar-refractivity contribution < 1.29 is 0 Å². The predicted octanol–water partition coefficient (Wildman–Crippen LogP) is 2.37. The molecule has 1 aliphatic rings. The summed E-state index contributed by atoms with van der Waals surface area (Å²) in [4.78, 5) is 0. The van der Waals surface area contributed by atoms with Crippen LogP contribution in [-0.2, 0) is 5.75 Å². The van der Waals surface area contributed by atoms with Crippen molar-refractivity contribution in [3.05, 3.63) is 29.8 Å². The number of hydrogen-bond acceptors (Lipinski definition) is 3. The number of hydrazine groups is 1. The van der Waals surface area contributed by atoms with E-state index in [1.165, 1.54) is 18.4 Å². The average Bonchev–Trinajstić information content (AvgIpc) is 2.99. The lowest BCUT2D eigenvalue weighted by Gasteiger charge is -2.03. The van der Waals surface area contributed by atoms with Crippen molar-refractivity contribution in [2.24, 2.45) is 5.84 Å². The normalized spacial score (nSPS) is 15.8. The minimum atomic E-state index is 0.925. The Labute approximate surface area is 82.9 Å². The zero-order chi connectivity index (χ0) is 9.10. The van der Waals surface area contributed by atoms with Crippen LogP contribution in [0.3, 0.4) is 0 Å². The Balaban J connectivity index is 1.93. The van der Waals surface area contributed by atoms with E-state index in [9.17, 15) is 0 Å². The fourth-order valence-electron chi connectivity index (χ4n) is 1.20. The largest absolute Gasteiger partial charge is 0.324 e. The highest BCUT2D eigenvalue weighted by atomic mass is 32.2. The fraction of sp³-hybridized carbons (Fsp3) is 0.400. The van der Waals surface area contributed by atoms with E-state index in [2.05, 4.69) is 17.6 Å². The minimum Gasteiger partial charge on any atom is -0.324 e. The van der Waals surface area contributed by atoms with Crippen molar-refractivity contribution in [2.45, 2.75) is 23.8 Å². The summed E-state index contributed by atoms with van der Waals surface area (Å²) >= 11 is 2.05. The summed E-state index contributed by atoms with van der Waals surface area (Å²) in [5, 5.41) is 0.925. The van der Waals surface area contributed by atoms with Crippen LogP contribution in [0.15, 0.2) is 24.3 Å². The van der Waals surface area contributed by atoms with Crippen molar-refractivity contribution in [3.63, 3.8) is 0 Å². The molecule has 0 aromatic heterocycles. The van der Waals surface area contributed by atoms with Crippen molar-refractivity contribution in [1.29, 1.82) is 0 Å². The Morgan fingerprint density at radius 1 is 1.46 bits per heavy atom. The summed E-state index contributed by atoms with van der Waals surface area (Å²) in [6.45, 7) is 0. The molecule has 0 atom stereocenters. The lowest BCUT2D eigenvalue weighted by molar-refractivity contribution is 1.32. The Kier molecular flexibility index (Phi) is 2.76. The molecule has 13 heavy (non-hydrogen) atoms. The van der Waals surface area contributed by atoms with Crippen LogP contribution in [0, 0.1) is 0 Å². The van der Waals surface area contributed by atoms with Gasteiger partial charge in [0.1, 0.15) is 0 Å². The summed E-state index contributed by atoms with van der Waals surface area (Å²) in [6, 6.07) is 8.27. The van der Waals surface area contributed by atoms with E-state index >= 15 is 0 Å². The van der Waals surface area contributed by atoms with Gasteiger partial charge in [-0.15, -0.1) is 0 Å². The van der Waals surface area contributed by atoms with Gasteiger partial charge >= 0.3 is 0 Å². The SMILES string of the molecule is NNc1cccc(CSC2CC2)c1. The van der Waals surface area contributed by atoms with E-state index < -0.39 is 0 Å². The molecule has 2 rings (SSSR count). The number of rotatable bonds is 4. The van der Waals surface area contributed by atoms with Gasteiger partial charge in [-0.25, -0.2) is 0 Å². The molecule has 2 nitrogen and oxygen atoms in total. The summed E-state index contributed by atoms with van der Waals surface area (Å²) in [5.41, 5.74) is 5.01. The molecule has 0 unspecified atom stereocenters. The molecule has 1 fully saturated rings. The third-order valence-corrected chi connectivity index (χ3v) is 3.55. The molecule has 3 heteroatoms. The summed E-state index contributed by atoms with van der Waals surface area (Å²) in [5.74, 6) is 6.44. The average molecular weight is 194 g/mol. The Bertz CT molecular complexity index is 284. The quantitative estimate of drug-likeness (QED) is 0.571. The van der Waals surface area contributed by atoms with Crippen molar-refractivity contribution in [3.8, 4) is 0 Å². The standard InChI is InChI=1S/C10H14N2S/c11-12-9-3-1-2-8(6-9)7-13-10-4-5-10/h1-3,6,10,12H,4-5,7,11H2. The predicted molar refractivity (Wildman–Crippen MR) is 58.6 cm³/mol. The van der Waals surface area contributed by atoms with E-state index in [4.69, 9.17) is 5.84 Å². The Morgan fingerprint density at radius 2 is 2.31 bits per heavy atom. The minimum absolute atomic E-state index is 0.925. The van der Waals surface area contributed by atoms with Crippen LogP contribution in [0.5, 0.6) is 0 Å². The van der Waals surface area contributed by atoms with E-state index in [-0.39, 0.29) is 0 Å². The van der Waals surface area contributed by atoms with Crippen LogP contribution in [-0.4, -0.2) is 5.25 Å². The smallest absolute Gasteiger partial charge is 0.0488 e. The number of anilines is 1. The van der Waals surface area contributed by atoms with Gasteiger partial charge in [0.25, 0.3) is 0 Å². The second kappa shape index (κ2) is 4.03. The molecule has 0 saturated heterocycles. The van der Waals surface area contributed by atoms with Crippen molar-refractivity contribution >= 4 is 17.4 Å². The highest BCUT2D eigenvalue weighted by molar-refractivity contribution is 7.99. The van der Waals surface area contributed by atoms with Gasteiger partial charge in [-0.2, -0.15) is 11.8 Å². The third-order valence-electron chi connectivity index (χ3n) is 2.10. The van der Waals surface area contributed by atoms with Crippen molar-refractivity contribution in [1.82, 2.24) is 0 Å². The zero-order valence-corrected chi connectivity index (χ0v) is 8.31. The van der Waals surface area contributed by atoms with Crippen LogP contribution in [0.25, 0.3) is 0 Å². The van der Waals surface area contributed by atoms with Crippen LogP contribution >= 0.6 is 11.8 Å². The molecule has 1 aromatic rings. The fourth-order valence-corrected chi connectivity index (χ4v) is 2.28. The van der Waals surface area contributed by atoms with Gasteiger partial charge in [-0.3, -0.25) is 5.84 Å². The first kappa shape index (κ1) is 8.91. The van der Waals surface area contributed by atoms with Gasteiger partial charge in [0, 0.05) is 16.7 Å². The maximum atomic E-state index is 5.33. The molecule has 0 radical (unpaired) electrons. The molecule has 0 bridgehead atoms. The van der Waals surface area contributed by atoms with Gasteiger partial charge in [0.15, 0.2) is 0 Å². The third kappa shape index (κ3) is 2.64. The van der Waals surface area contributed by atoms with E-state index in [0.717, 1.165) is 16.7 Å². The molecule has 3 N–H and O–H groups in total. The number of thioether (sulfide) groups is 1. The first-order valence-electron chi connectivity index (χ1n) is 4.55. The number of nitrogen functional groups attached to an aromatic ring is 1. The van der Waals surface area contributed by atoms with Gasteiger partial charge in [-0.05, 0) is 30.5 Å². The molecule has 0 spiro atoms. The topological polar surface area (TPSA) is 38.0 Å². The second-order valence-corrected chi connectivity index (χ2v) is 4.64. The lowest BCUT2D eigenvalue weighted by Crippen LogP contribution is -2.06. The summed E-state index contributed by atoms with van der Waals surface area (Å²) in [7, 11) is 0. The van der Waals surface area contributed by atoms with Crippen LogP contribution in [0.2, 0.25) is 0 Å². The highest BCUT2D eigenvalue weighted by Gasteiger charge is 2.21. The van der Waals surface area contributed by atoms with Crippen LogP contribution in [0.1, 0.15) is 18.4 Å². The molecule has 1 saturated carbocycles. The Hall–Kier alpha value is -0.670. The molecule has 0 heterocycles. The maximum absolute atomic E-state index is 5.33. The summed E-state index contributed by atoms with van der Waals surface area (Å²) < 4.78 is 0. The Morgan fingerprint density at radius 3 is 3.00 bits per heavy atom. The van der Waals surface area contributed by atoms with Crippen LogP contribution in [0.4, 0.5) is 5.69 Å². The number of benzene rings is 1.